The molecule has 1 amide bonds. The first-order valence-corrected chi connectivity index (χ1v) is 14.3. The van der Waals surface area contributed by atoms with Crippen molar-refractivity contribution in [1.82, 2.24) is 5.32 Å². The summed E-state index contributed by atoms with van der Waals surface area (Å²) >= 11 is 6.27. The molecule has 3 N–H and O–H groups in total. The number of hydrogen-bond acceptors (Lipinski definition) is 4. The molecule has 0 bridgehead atoms. The van der Waals surface area contributed by atoms with Crippen LogP contribution >= 0.6 is 11.6 Å². The maximum Gasteiger partial charge on any atom is 0.334 e. The number of aliphatic hydroxyl groups is 1. The summed E-state index contributed by atoms with van der Waals surface area (Å²) in [4.78, 5) is 23.4. The molecule has 214 valence electrons. The second-order valence-corrected chi connectivity index (χ2v) is 10.7. The number of methoxy groups -OCH3 is 1. The van der Waals surface area contributed by atoms with Gasteiger partial charge in [-0.1, -0.05) is 79.6 Å². The Balaban J connectivity index is 1.72. The summed E-state index contributed by atoms with van der Waals surface area (Å²) in [7, 11) is 1.71. The van der Waals surface area contributed by atoms with Crippen molar-refractivity contribution in [3.8, 4) is 0 Å². The van der Waals surface area contributed by atoms with Gasteiger partial charge in [0.25, 0.3) is 5.91 Å². The number of carboxylic acids is 1. The number of amides is 1. The molecule has 7 heteroatoms. The Morgan fingerprint density at radius 2 is 1.66 bits per heavy atom. The first-order valence-electron chi connectivity index (χ1n) is 13.9. The SMILES string of the molecule is CCCC(c1ccc(C(=O)NCC(O)C(=O)O)cc1)C(c1ccc(Cl)cc1)c1ccc2c(c1)C=CCCC(OC)=C2. The smallest absolute Gasteiger partial charge is 0.334 e. The Kier molecular flexibility index (Phi) is 10.4. The predicted molar refractivity (Wildman–Crippen MR) is 163 cm³/mol. The molecule has 0 saturated carbocycles. The first kappa shape index (κ1) is 30.1. The second-order valence-electron chi connectivity index (χ2n) is 10.3. The zero-order valence-electron chi connectivity index (χ0n) is 23.3. The van der Waals surface area contributed by atoms with Crippen LogP contribution in [-0.4, -0.2) is 41.8 Å². The van der Waals surface area contributed by atoms with Gasteiger partial charge in [0.1, 0.15) is 0 Å². The average molecular weight is 574 g/mol. The van der Waals surface area contributed by atoms with E-state index >= 15 is 0 Å². The summed E-state index contributed by atoms with van der Waals surface area (Å²) in [6.07, 6.45) is 8.51. The van der Waals surface area contributed by atoms with Crippen LogP contribution in [-0.2, 0) is 9.53 Å². The molecule has 0 aliphatic heterocycles. The maximum absolute atomic E-state index is 12.6. The topological polar surface area (TPSA) is 95.9 Å². The number of hydrogen-bond donors (Lipinski definition) is 3. The number of halogens is 1. The van der Waals surface area contributed by atoms with Crippen LogP contribution in [0.3, 0.4) is 0 Å². The molecule has 4 rings (SSSR count). The van der Waals surface area contributed by atoms with Gasteiger partial charge in [-0.05, 0) is 76.9 Å². The molecule has 1 aliphatic carbocycles. The van der Waals surface area contributed by atoms with E-state index < -0.39 is 18.0 Å². The Bertz CT molecular complexity index is 1410. The fraction of sp³-hybridized carbons (Fsp3) is 0.294. The van der Waals surface area contributed by atoms with Crippen molar-refractivity contribution in [3.63, 3.8) is 0 Å². The van der Waals surface area contributed by atoms with Gasteiger partial charge in [0.15, 0.2) is 6.10 Å². The molecule has 0 spiro atoms. The number of nitrogens with one attached hydrogen (secondary N) is 1. The van der Waals surface area contributed by atoms with E-state index in [0.717, 1.165) is 53.7 Å². The van der Waals surface area contributed by atoms with Gasteiger partial charge in [0.05, 0.1) is 19.4 Å². The third-order valence-electron chi connectivity index (χ3n) is 7.48. The molecular weight excluding hydrogens is 538 g/mol. The lowest BCUT2D eigenvalue weighted by Gasteiger charge is -2.29. The van der Waals surface area contributed by atoms with E-state index in [1.807, 2.05) is 24.3 Å². The minimum Gasteiger partial charge on any atom is -0.501 e. The highest BCUT2D eigenvalue weighted by Crippen LogP contribution is 2.42. The lowest BCUT2D eigenvalue weighted by atomic mass is 9.74. The van der Waals surface area contributed by atoms with E-state index in [0.29, 0.717) is 10.6 Å². The van der Waals surface area contributed by atoms with Gasteiger partial charge in [-0.2, -0.15) is 0 Å². The molecule has 3 unspecified atom stereocenters. The largest absolute Gasteiger partial charge is 0.501 e. The van der Waals surface area contributed by atoms with Crippen molar-refractivity contribution in [2.75, 3.05) is 13.7 Å². The summed E-state index contributed by atoms with van der Waals surface area (Å²) in [5, 5.41) is 21.5. The van der Waals surface area contributed by atoms with Gasteiger partial charge in [0, 0.05) is 22.9 Å². The van der Waals surface area contributed by atoms with Gasteiger partial charge in [0.2, 0.25) is 0 Å². The molecule has 0 aromatic heterocycles. The normalized spacial score (nSPS) is 15.0. The lowest BCUT2D eigenvalue weighted by Crippen LogP contribution is -2.36. The Morgan fingerprint density at radius 1 is 0.976 bits per heavy atom. The van der Waals surface area contributed by atoms with Crippen molar-refractivity contribution in [1.29, 1.82) is 0 Å². The monoisotopic (exact) mass is 573 g/mol. The van der Waals surface area contributed by atoms with Gasteiger partial charge in [-0.3, -0.25) is 4.79 Å². The third-order valence-corrected chi connectivity index (χ3v) is 7.73. The summed E-state index contributed by atoms with van der Waals surface area (Å²) in [6, 6.07) is 22.1. The second kappa shape index (κ2) is 14.2. The maximum atomic E-state index is 12.6. The standard InChI is InChI=1S/C34H36ClNO5/c1-3-6-30(22-9-11-24(12-10-22)33(38)36-21-31(37)34(39)40)32(23-15-17-28(35)18-16-23)27-14-13-26-20-29(41-2)8-5-4-7-25(26)19-27/h4,7,9-20,30-32,37H,3,5-6,8,21H2,1-2H3,(H,36,38)(H,39,40). The molecule has 6 nitrogen and oxygen atoms in total. The zero-order chi connectivity index (χ0) is 29.4. The molecule has 0 fully saturated rings. The Morgan fingerprint density at radius 3 is 2.32 bits per heavy atom. The highest BCUT2D eigenvalue weighted by molar-refractivity contribution is 6.30. The van der Waals surface area contributed by atoms with E-state index in [2.05, 4.69) is 60.8 Å². The van der Waals surface area contributed by atoms with E-state index in [4.69, 9.17) is 21.4 Å². The fourth-order valence-electron chi connectivity index (χ4n) is 5.33. The molecule has 0 saturated heterocycles. The van der Waals surface area contributed by atoms with E-state index in [1.54, 1.807) is 19.2 Å². The molecule has 0 radical (unpaired) electrons. The van der Waals surface area contributed by atoms with Crippen molar-refractivity contribution in [3.05, 3.63) is 117 Å². The number of carboxylic acid groups (broad SMARTS) is 1. The quantitative estimate of drug-likeness (QED) is 0.229. The number of rotatable bonds is 11. The average Bonchev–Trinajstić information content (AvgIpc) is 2.97. The number of aliphatic hydroxyl groups excluding tert-OH is 1. The van der Waals surface area contributed by atoms with Crippen LogP contribution in [0.25, 0.3) is 12.2 Å². The number of aliphatic carboxylic acids is 1. The van der Waals surface area contributed by atoms with E-state index in [1.165, 1.54) is 5.56 Å². The number of allylic oxidation sites excluding steroid dienone is 2. The van der Waals surface area contributed by atoms with Gasteiger partial charge in [-0.25, -0.2) is 4.79 Å². The molecule has 3 atom stereocenters. The third kappa shape index (κ3) is 7.66. The summed E-state index contributed by atoms with van der Waals surface area (Å²) in [5.41, 5.74) is 6.09. The highest BCUT2D eigenvalue weighted by Gasteiger charge is 2.27. The van der Waals surface area contributed by atoms with E-state index in [-0.39, 0.29) is 18.4 Å². The van der Waals surface area contributed by atoms with Crippen LogP contribution in [0.2, 0.25) is 5.02 Å². The minimum absolute atomic E-state index is 0.0348. The van der Waals surface area contributed by atoms with Crippen molar-refractivity contribution in [2.24, 2.45) is 0 Å². The van der Waals surface area contributed by atoms with Crippen LogP contribution in [0, 0.1) is 0 Å². The Labute approximate surface area is 246 Å². The van der Waals surface area contributed by atoms with Crippen molar-refractivity contribution < 1.29 is 24.5 Å². The first-order chi connectivity index (χ1) is 19.8. The predicted octanol–water partition coefficient (Wildman–Crippen LogP) is 7.03. The van der Waals surface area contributed by atoms with Crippen LogP contribution in [0.1, 0.15) is 82.6 Å². The zero-order valence-corrected chi connectivity index (χ0v) is 24.1. The molecule has 41 heavy (non-hydrogen) atoms. The number of carbonyl (C=O) groups is 2. The van der Waals surface area contributed by atoms with Gasteiger partial charge >= 0.3 is 5.97 Å². The highest BCUT2D eigenvalue weighted by atomic mass is 35.5. The minimum atomic E-state index is -1.65. The molecule has 3 aromatic rings. The number of fused-ring (bicyclic) bond motifs is 1. The van der Waals surface area contributed by atoms with Crippen LogP contribution < -0.4 is 5.32 Å². The fourth-order valence-corrected chi connectivity index (χ4v) is 5.46. The van der Waals surface area contributed by atoms with Gasteiger partial charge in [-0.15, -0.1) is 0 Å². The number of benzene rings is 3. The lowest BCUT2D eigenvalue weighted by molar-refractivity contribution is -0.146. The Hall–Kier alpha value is -3.87. The van der Waals surface area contributed by atoms with Crippen molar-refractivity contribution >= 4 is 35.6 Å². The summed E-state index contributed by atoms with van der Waals surface area (Å²) in [6.45, 7) is 1.81. The number of carbonyl (C=O) groups excluding carboxylic acids is 1. The molecule has 0 heterocycles. The summed E-state index contributed by atoms with van der Waals surface area (Å²) in [5.74, 6) is -0.700. The van der Waals surface area contributed by atoms with Crippen LogP contribution in [0.4, 0.5) is 0 Å². The summed E-state index contributed by atoms with van der Waals surface area (Å²) < 4.78 is 5.58. The van der Waals surface area contributed by atoms with Gasteiger partial charge < -0.3 is 20.3 Å². The molecule has 1 aliphatic rings. The van der Waals surface area contributed by atoms with Crippen molar-refractivity contribution in [2.45, 2.75) is 50.5 Å². The van der Waals surface area contributed by atoms with E-state index in [9.17, 15) is 14.7 Å². The van der Waals surface area contributed by atoms with Crippen LogP contribution in [0.5, 0.6) is 0 Å². The molecule has 3 aromatic carbocycles. The van der Waals surface area contributed by atoms with Crippen LogP contribution in [0.15, 0.2) is 78.6 Å². The number of ether oxygens (including phenoxy) is 1. The molecular formula is C34H36ClNO5.